The molecule has 6 nitrogen and oxygen atoms in total. The zero-order valence-corrected chi connectivity index (χ0v) is 13.3. The first-order chi connectivity index (χ1) is 11.7. The molecule has 1 N–H and O–H groups in total. The Balaban J connectivity index is 1.53. The predicted molar refractivity (Wildman–Crippen MR) is 90.9 cm³/mol. The van der Waals surface area contributed by atoms with Crippen molar-refractivity contribution < 1.29 is 9.53 Å². The summed E-state index contributed by atoms with van der Waals surface area (Å²) in [5, 5.41) is 7.03. The molecule has 0 aliphatic rings. The number of ether oxygens (including phenoxy) is 1. The van der Waals surface area contributed by atoms with Gasteiger partial charge in [0, 0.05) is 18.5 Å². The van der Waals surface area contributed by atoms with E-state index in [9.17, 15) is 4.79 Å². The summed E-state index contributed by atoms with van der Waals surface area (Å²) in [6, 6.07) is 15.0. The van der Waals surface area contributed by atoms with Gasteiger partial charge < -0.3 is 10.1 Å². The number of carbonyl (C=O) groups is 1. The van der Waals surface area contributed by atoms with Crippen LogP contribution < -0.4 is 10.1 Å². The van der Waals surface area contributed by atoms with Crippen LogP contribution in [0.15, 0.2) is 60.9 Å². The monoisotopic (exact) mass is 322 g/mol. The standard InChI is InChI=1S/C18H18N4O2/c1-14-6-2-3-8-16(14)24-13-18(23)20-17-9-11-22(21-17)12-15-7-4-5-10-19-15/h2-11H,12-13H2,1H3,(H,20,21,23). The van der Waals surface area contributed by atoms with Crippen molar-refractivity contribution in [3.05, 3.63) is 72.2 Å². The van der Waals surface area contributed by atoms with E-state index in [4.69, 9.17) is 4.74 Å². The maximum Gasteiger partial charge on any atom is 0.263 e. The van der Waals surface area contributed by atoms with Gasteiger partial charge in [-0.15, -0.1) is 0 Å². The van der Waals surface area contributed by atoms with Gasteiger partial charge in [-0.2, -0.15) is 5.10 Å². The number of hydrogen-bond donors (Lipinski definition) is 1. The van der Waals surface area contributed by atoms with Crippen molar-refractivity contribution >= 4 is 11.7 Å². The minimum absolute atomic E-state index is 0.0576. The fourth-order valence-corrected chi connectivity index (χ4v) is 2.21. The largest absolute Gasteiger partial charge is 0.483 e. The fraction of sp³-hybridized carbons (Fsp3) is 0.167. The second-order valence-corrected chi connectivity index (χ2v) is 5.32. The summed E-state index contributed by atoms with van der Waals surface area (Å²) in [5.41, 5.74) is 1.89. The molecule has 0 unspecified atom stereocenters. The number of aromatic nitrogens is 3. The normalized spacial score (nSPS) is 10.4. The van der Waals surface area contributed by atoms with Gasteiger partial charge in [0.05, 0.1) is 12.2 Å². The van der Waals surface area contributed by atoms with Gasteiger partial charge in [-0.25, -0.2) is 0 Å². The number of pyridine rings is 1. The van der Waals surface area contributed by atoms with Gasteiger partial charge in [0.1, 0.15) is 5.75 Å². The number of rotatable bonds is 6. The molecule has 2 heterocycles. The zero-order chi connectivity index (χ0) is 16.8. The van der Waals surface area contributed by atoms with E-state index in [2.05, 4.69) is 15.4 Å². The Morgan fingerprint density at radius 2 is 2.00 bits per heavy atom. The molecule has 3 rings (SSSR count). The average molecular weight is 322 g/mol. The van der Waals surface area contributed by atoms with Crippen LogP contribution in [0.1, 0.15) is 11.3 Å². The van der Waals surface area contributed by atoms with Gasteiger partial charge in [0.25, 0.3) is 5.91 Å². The van der Waals surface area contributed by atoms with Crippen LogP contribution in [-0.2, 0) is 11.3 Å². The molecule has 24 heavy (non-hydrogen) atoms. The summed E-state index contributed by atoms with van der Waals surface area (Å²) in [7, 11) is 0. The highest BCUT2D eigenvalue weighted by Gasteiger charge is 2.07. The molecule has 0 radical (unpaired) electrons. The van der Waals surface area contributed by atoms with Crippen LogP contribution in [0.2, 0.25) is 0 Å². The minimum atomic E-state index is -0.249. The van der Waals surface area contributed by atoms with Gasteiger partial charge in [-0.1, -0.05) is 24.3 Å². The molecule has 0 atom stereocenters. The molecule has 0 aliphatic carbocycles. The lowest BCUT2D eigenvalue weighted by Gasteiger charge is -2.08. The highest BCUT2D eigenvalue weighted by molar-refractivity contribution is 5.90. The van der Waals surface area contributed by atoms with Crippen molar-refractivity contribution in [1.29, 1.82) is 0 Å². The van der Waals surface area contributed by atoms with Gasteiger partial charge in [0.2, 0.25) is 0 Å². The molecule has 122 valence electrons. The number of carbonyl (C=O) groups excluding carboxylic acids is 1. The van der Waals surface area contributed by atoms with E-state index < -0.39 is 0 Å². The van der Waals surface area contributed by atoms with E-state index in [0.717, 1.165) is 11.3 Å². The van der Waals surface area contributed by atoms with Gasteiger partial charge in [-0.3, -0.25) is 14.5 Å². The lowest BCUT2D eigenvalue weighted by atomic mass is 10.2. The average Bonchev–Trinajstić information content (AvgIpc) is 3.02. The molecule has 0 spiro atoms. The van der Waals surface area contributed by atoms with Gasteiger partial charge >= 0.3 is 0 Å². The van der Waals surface area contributed by atoms with Crippen LogP contribution in [0, 0.1) is 6.92 Å². The Morgan fingerprint density at radius 1 is 1.17 bits per heavy atom. The molecule has 1 amide bonds. The first-order valence-corrected chi connectivity index (χ1v) is 7.62. The third-order valence-corrected chi connectivity index (χ3v) is 3.41. The molecule has 6 heteroatoms. The van der Waals surface area contributed by atoms with Crippen molar-refractivity contribution in [2.75, 3.05) is 11.9 Å². The van der Waals surface area contributed by atoms with Crippen LogP contribution in [0.5, 0.6) is 5.75 Å². The van der Waals surface area contributed by atoms with Crippen molar-refractivity contribution in [3.63, 3.8) is 0 Å². The highest BCUT2D eigenvalue weighted by Crippen LogP contribution is 2.16. The van der Waals surface area contributed by atoms with E-state index in [0.29, 0.717) is 18.1 Å². The molecular formula is C18H18N4O2. The van der Waals surface area contributed by atoms with Crippen molar-refractivity contribution in [2.45, 2.75) is 13.5 Å². The summed E-state index contributed by atoms with van der Waals surface area (Å²) in [5.74, 6) is 0.944. The number of amides is 1. The summed E-state index contributed by atoms with van der Waals surface area (Å²) < 4.78 is 7.24. The number of benzene rings is 1. The van der Waals surface area contributed by atoms with Crippen LogP contribution in [0.25, 0.3) is 0 Å². The Bertz CT molecular complexity index is 815. The Kier molecular flexibility index (Phi) is 4.86. The second kappa shape index (κ2) is 7.41. The van der Waals surface area contributed by atoms with Crippen LogP contribution in [0.3, 0.4) is 0 Å². The smallest absolute Gasteiger partial charge is 0.263 e. The molecule has 0 saturated carbocycles. The maximum atomic E-state index is 12.0. The molecule has 0 bridgehead atoms. The van der Waals surface area contributed by atoms with E-state index in [1.165, 1.54) is 0 Å². The molecule has 0 fully saturated rings. The quantitative estimate of drug-likeness (QED) is 0.757. The van der Waals surface area contributed by atoms with Gasteiger partial charge in [-0.05, 0) is 30.7 Å². The third kappa shape index (κ3) is 4.19. The first-order valence-electron chi connectivity index (χ1n) is 7.62. The molecular weight excluding hydrogens is 304 g/mol. The zero-order valence-electron chi connectivity index (χ0n) is 13.3. The number of aryl methyl sites for hydroxylation is 1. The summed E-state index contributed by atoms with van der Waals surface area (Å²) in [6.45, 7) is 2.43. The van der Waals surface area contributed by atoms with E-state index in [1.54, 1.807) is 23.1 Å². The van der Waals surface area contributed by atoms with E-state index in [-0.39, 0.29) is 12.5 Å². The third-order valence-electron chi connectivity index (χ3n) is 3.41. The summed E-state index contributed by atoms with van der Waals surface area (Å²) >= 11 is 0. The summed E-state index contributed by atoms with van der Waals surface area (Å²) in [6.07, 6.45) is 3.54. The Labute approximate surface area is 140 Å². The SMILES string of the molecule is Cc1ccccc1OCC(=O)Nc1ccn(Cc2ccccn2)n1. The number of anilines is 1. The van der Waals surface area contributed by atoms with E-state index in [1.807, 2.05) is 49.4 Å². The van der Waals surface area contributed by atoms with Gasteiger partial charge in [0.15, 0.2) is 12.4 Å². The number of nitrogens with one attached hydrogen (secondary N) is 1. The van der Waals surface area contributed by atoms with E-state index >= 15 is 0 Å². The lowest BCUT2D eigenvalue weighted by molar-refractivity contribution is -0.118. The number of para-hydroxylation sites is 1. The Morgan fingerprint density at radius 3 is 2.79 bits per heavy atom. The van der Waals surface area contributed by atoms with Crippen LogP contribution >= 0.6 is 0 Å². The van der Waals surface area contributed by atoms with Crippen LogP contribution in [-0.4, -0.2) is 27.3 Å². The van der Waals surface area contributed by atoms with Crippen molar-refractivity contribution in [3.8, 4) is 5.75 Å². The summed E-state index contributed by atoms with van der Waals surface area (Å²) in [4.78, 5) is 16.2. The Hall–Kier alpha value is -3.15. The molecule has 0 saturated heterocycles. The van der Waals surface area contributed by atoms with Crippen molar-refractivity contribution in [1.82, 2.24) is 14.8 Å². The molecule has 2 aromatic heterocycles. The number of hydrogen-bond acceptors (Lipinski definition) is 4. The first kappa shape index (κ1) is 15.7. The maximum absolute atomic E-state index is 12.0. The topological polar surface area (TPSA) is 69.0 Å². The predicted octanol–water partition coefficient (Wildman–Crippen LogP) is 2.65. The van der Waals surface area contributed by atoms with Crippen LogP contribution in [0.4, 0.5) is 5.82 Å². The lowest BCUT2D eigenvalue weighted by Crippen LogP contribution is -2.20. The second-order valence-electron chi connectivity index (χ2n) is 5.32. The fourth-order valence-electron chi connectivity index (χ4n) is 2.21. The molecule has 0 aliphatic heterocycles. The highest BCUT2D eigenvalue weighted by atomic mass is 16.5. The molecule has 3 aromatic rings. The minimum Gasteiger partial charge on any atom is -0.483 e. The number of nitrogens with zero attached hydrogens (tertiary/aromatic N) is 3. The van der Waals surface area contributed by atoms with Crippen molar-refractivity contribution in [2.24, 2.45) is 0 Å². The molecule has 1 aromatic carbocycles.